The largest absolute Gasteiger partial charge is 0.378 e. The normalized spacial score (nSPS) is 22.9. The molecule has 1 unspecified atom stereocenters. The molecule has 1 rings (SSSR count). The molecule has 0 aromatic rings. The van der Waals surface area contributed by atoms with Crippen LogP contribution in [-0.4, -0.2) is 36.1 Å². The van der Waals surface area contributed by atoms with Crippen LogP contribution in [0.4, 0.5) is 0 Å². The van der Waals surface area contributed by atoms with Crippen LogP contribution in [-0.2, 0) is 9.53 Å². The van der Waals surface area contributed by atoms with Gasteiger partial charge in [0.15, 0.2) is 0 Å². The van der Waals surface area contributed by atoms with Crippen molar-refractivity contribution in [3.8, 4) is 0 Å². The molecule has 1 heterocycles. The molecular weight excluding hydrogens is 178 g/mol. The molecule has 14 heavy (non-hydrogen) atoms. The lowest BCUT2D eigenvalue weighted by Crippen LogP contribution is -2.34. The van der Waals surface area contributed by atoms with E-state index in [9.17, 15) is 4.79 Å². The number of rotatable bonds is 4. The molecule has 0 radical (unpaired) electrons. The Bertz CT molecular complexity index is 201. The van der Waals surface area contributed by atoms with Crippen molar-refractivity contribution in [3.63, 3.8) is 0 Å². The van der Waals surface area contributed by atoms with Crippen molar-refractivity contribution in [2.75, 3.05) is 13.2 Å². The monoisotopic (exact) mass is 199 g/mol. The molecule has 82 valence electrons. The second kappa shape index (κ2) is 4.78. The number of amides is 1. The summed E-state index contributed by atoms with van der Waals surface area (Å²) in [6.07, 6.45) is 1.17. The minimum atomic E-state index is 0.0970. The number of carbonyl (C=O) groups is 1. The Hall–Kier alpha value is -0.570. The summed E-state index contributed by atoms with van der Waals surface area (Å²) in [7, 11) is 0. The van der Waals surface area contributed by atoms with Crippen LogP contribution >= 0.6 is 0 Å². The third-order valence-corrected chi connectivity index (χ3v) is 2.60. The van der Waals surface area contributed by atoms with E-state index in [1.165, 1.54) is 0 Å². The van der Waals surface area contributed by atoms with Crippen LogP contribution in [0.5, 0.6) is 0 Å². The Labute approximate surface area is 86.4 Å². The van der Waals surface area contributed by atoms with E-state index in [2.05, 4.69) is 13.8 Å². The van der Waals surface area contributed by atoms with Gasteiger partial charge in [0.25, 0.3) is 0 Å². The topological polar surface area (TPSA) is 29.5 Å². The zero-order valence-corrected chi connectivity index (χ0v) is 9.62. The minimum absolute atomic E-state index is 0.0970. The molecule has 0 bridgehead atoms. The van der Waals surface area contributed by atoms with Crippen molar-refractivity contribution in [1.29, 1.82) is 0 Å². The highest BCUT2D eigenvalue weighted by Gasteiger charge is 2.32. The van der Waals surface area contributed by atoms with Gasteiger partial charge in [0.05, 0.1) is 18.6 Å². The number of hydrogen-bond acceptors (Lipinski definition) is 2. The minimum Gasteiger partial charge on any atom is -0.378 e. The molecule has 0 aromatic carbocycles. The fourth-order valence-electron chi connectivity index (χ4n) is 1.74. The summed E-state index contributed by atoms with van der Waals surface area (Å²) in [6.45, 7) is 9.59. The van der Waals surface area contributed by atoms with E-state index < -0.39 is 0 Å². The van der Waals surface area contributed by atoms with Crippen molar-refractivity contribution < 1.29 is 9.53 Å². The highest BCUT2D eigenvalue weighted by molar-refractivity contribution is 5.81. The van der Waals surface area contributed by atoms with E-state index >= 15 is 0 Å². The molecule has 1 saturated heterocycles. The molecule has 3 heteroatoms. The summed E-state index contributed by atoms with van der Waals surface area (Å²) in [5, 5.41) is 0. The Morgan fingerprint density at radius 3 is 2.50 bits per heavy atom. The smallest absolute Gasteiger partial charge is 0.228 e. The summed E-state index contributed by atoms with van der Waals surface area (Å²) in [5.74, 6) is 0.362. The number of carbonyl (C=O) groups excluding carboxylic acids is 1. The lowest BCUT2D eigenvalue weighted by molar-refractivity contribution is -0.134. The van der Waals surface area contributed by atoms with Crippen molar-refractivity contribution >= 4 is 5.91 Å². The SMILES string of the molecule is CC(C)OCC1CCN(C(C)C)C1=O. The van der Waals surface area contributed by atoms with Crippen LogP contribution in [0.1, 0.15) is 34.1 Å². The molecule has 1 fully saturated rings. The Kier molecular flexibility index (Phi) is 3.93. The van der Waals surface area contributed by atoms with E-state index in [1.807, 2.05) is 18.7 Å². The van der Waals surface area contributed by atoms with Gasteiger partial charge in [0, 0.05) is 12.6 Å². The van der Waals surface area contributed by atoms with Crippen LogP contribution in [0.15, 0.2) is 0 Å². The van der Waals surface area contributed by atoms with Crippen LogP contribution in [0.25, 0.3) is 0 Å². The third-order valence-electron chi connectivity index (χ3n) is 2.60. The Morgan fingerprint density at radius 1 is 1.43 bits per heavy atom. The predicted octanol–water partition coefficient (Wildman–Crippen LogP) is 1.67. The summed E-state index contributed by atoms with van der Waals surface area (Å²) >= 11 is 0. The third kappa shape index (κ3) is 2.71. The first-order chi connectivity index (χ1) is 6.52. The average molecular weight is 199 g/mol. The van der Waals surface area contributed by atoms with Gasteiger partial charge >= 0.3 is 0 Å². The van der Waals surface area contributed by atoms with Gasteiger partial charge in [-0.15, -0.1) is 0 Å². The molecule has 1 atom stereocenters. The van der Waals surface area contributed by atoms with Crippen molar-refractivity contribution in [2.24, 2.45) is 5.92 Å². The van der Waals surface area contributed by atoms with Crippen molar-refractivity contribution in [1.82, 2.24) is 4.90 Å². The molecule has 0 aromatic heterocycles. The lowest BCUT2D eigenvalue weighted by Gasteiger charge is -2.21. The molecule has 3 nitrogen and oxygen atoms in total. The Balaban J connectivity index is 2.40. The van der Waals surface area contributed by atoms with Gasteiger partial charge in [-0.1, -0.05) is 0 Å². The number of likely N-dealkylation sites (tertiary alicyclic amines) is 1. The molecule has 0 aliphatic carbocycles. The van der Waals surface area contributed by atoms with E-state index in [4.69, 9.17) is 4.74 Å². The lowest BCUT2D eigenvalue weighted by atomic mass is 10.1. The van der Waals surface area contributed by atoms with E-state index in [-0.39, 0.29) is 17.9 Å². The van der Waals surface area contributed by atoms with Gasteiger partial charge in [0.1, 0.15) is 0 Å². The van der Waals surface area contributed by atoms with Crippen LogP contribution in [0.3, 0.4) is 0 Å². The molecule has 1 aliphatic heterocycles. The van der Waals surface area contributed by atoms with Gasteiger partial charge in [-0.3, -0.25) is 4.79 Å². The van der Waals surface area contributed by atoms with Crippen molar-refractivity contribution in [3.05, 3.63) is 0 Å². The molecule has 0 N–H and O–H groups in total. The summed E-state index contributed by atoms with van der Waals surface area (Å²) in [5.41, 5.74) is 0. The molecule has 1 aliphatic rings. The van der Waals surface area contributed by atoms with E-state index in [0.29, 0.717) is 12.6 Å². The number of ether oxygens (including phenoxy) is 1. The number of hydrogen-bond donors (Lipinski definition) is 0. The van der Waals surface area contributed by atoms with Gasteiger partial charge in [0.2, 0.25) is 5.91 Å². The first kappa shape index (κ1) is 11.5. The molecule has 1 amide bonds. The van der Waals surface area contributed by atoms with Gasteiger partial charge < -0.3 is 9.64 Å². The molecular formula is C11H21NO2. The zero-order valence-electron chi connectivity index (χ0n) is 9.62. The second-order valence-electron chi connectivity index (χ2n) is 4.49. The van der Waals surface area contributed by atoms with Crippen LogP contribution < -0.4 is 0 Å². The standard InChI is InChI=1S/C11H21NO2/c1-8(2)12-6-5-10(11(12)13)7-14-9(3)4/h8-10H,5-7H2,1-4H3. The summed E-state index contributed by atoms with van der Waals surface area (Å²) < 4.78 is 5.48. The quantitative estimate of drug-likeness (QED) is 0.689. The second-order valence-corrected chi connectivity index (χ2v) is 4.49. The highest BCUT2D eigenvalue weighted by Crippen LogP contribution is 2.20. The maximum absolute atomic E-state index is 11.8. The molecule has 0 spiro atoms. The maximum Gasteiger partial charge on any atom is 0.228 e. The zero-order chi connectivity index (χ0) is 10.7. The summed E-state index contributed by atoms with van der Waals surface area (Å²) in [4.78, 5) is 13.7. The van der Waals surface area contributed by atoms with Gasteiger partial charge in [-0.2, -0.15) is 0 Å². The van der Waals surface area contributed by atoms with Crippen LogP contribution in [0, 0.1) is 5.92 Å². The fraction of sp³-hybridized carbons (Fsp3) is 0.909. The van der Waals surface area contributed by atoms with Crippen molar-refractivity contribution in [2.45, 2.75) is 46.3 Å². The molecule has 0 saturated carbocycles. The summed E-state index contributed by atoms with van der Waals surface area (Å²) in [6, 6.07) is 0.326. The maximum atomic E-state index is 11.8. The van der Waals surface area contributed by atoms with Gasteiger partial charge in [-0.25, -0.2) is 0 Å². The van der Waals surface area contributed by atoms with Crippen LogP contribution in [0.2, 0.25) is 0 Å². The first-order valence-corrected chi connectivity index (χ1v) is 5.44. The number of nitrogens with zero attached hydrogens (tertiary/aromatic N) is 1. The van der Waals surface area contributed by atoms with Gasteiger partial charge in [-0.05, 0) is 34.1 Å². The van der Waals surface area contributed by atoms with E-state index in [1.54, 1.807) is 0 Å². The first-order valence-electron chi connectivity index (χ1n) is 5.44. The van der Waals surface area contributed by atoms with E-state index in [0.717, 1.165) is 13.0 Å². The fourth-order valence-corrected chi connectivity index (χ4v) is 1.74. The highest BCUT2D eigenvalue weighted by atomic mass is 16.5. The predicted molar refractivity (Wildman–Crippen MR) is 56.0 cm³/mol. The Morgan fingerprint density at radius 2 is 2.07 bits per heavy atom. The average Bonchev–Trinajstić information content (AvgIpc) is 2.43.